The highest BCUT2D eigenvalue weighted by molar-refractivity contribution is 6.03. The normalized spacial score (nSPS) is 25.0. The molecule has 4 N–H and O–H groups in total. The fourth-order valence-electron chi connectivity index (χ4n) is 2.91. The van der Waals surface area contributed by atoms with Crippen molar-refractivity contribution < 1.29 is 44.3 Å². The first-order valence-corrected chi connectivity index (χ1v) is 8.34. The Balaban J connectivity index is 0.000000294. The fraction of sp³-hybridized carbons (Fsp3) is 0.750. The maximum Gasteiger partial charge on any atom is 0.335 e. The van der Waals surface area contributed by atoms with E-state index in [2.05, 4.69) is 4.90 Å². The number of esters is 1. The van der Waals surface area contributed by atoms with E-state index in [9.17, 15) is 19.2 Å². The third-order valence-corrected chi connectivity index (χ3v) is 4.69. The summed E-state index contributed by atoms with van der Waals surface area (Å²) in [4.78, 5) is 45.2. The first-order chi connectivity index (χ1) is 12.1. The number of hydrogen-bond acceptors (Lipinski definition) is 8. The van der Waals surface area contributed by atoms with Crippen molar-refractivity contribution in [1.29, 1.82) is 0 Å². The van der Waals surface area contributed by atoms with Gasteiger partial charge in [-0.3, -0.25) is 9.59 Å². The first-order valence-electron chi connectivity index (χ1n) is 8.34. The summed E-state index contributed by atoms with van der Waals surface area (Å²) in [6.07, 6.45) is -0.874. The van der Waals surface area contributed by atoms with E-state index in [0.717, 1.165) is 19.6 Å². The molecule has 0 saturated carbocycles. The highest BCUT2D eigenvalue weighted by atomic mass is 16.5. The minimum absolute atomic E-state index is 0.0332. The van der Waals surface area contributed by atoms with E-state index in [1.165, 1.54) is 19.8 Å². The van der Waals surface area contributed by atoms with Crippen LogP contribution in [0.2, 0.25) is 0 Å². The summed E-state index contributed by atoms with van der Waals surface area (Å²) in [5.41, 5.74) is -0.831. The summed E-state index contributed by atoms with van der Waals surface area (Å²) in [6.45, 7) is 4.95. The number of ketones is 1. The Kier molecular flexibility index (Phi) is 8.12. The molecule has 0 aliphatic carbocycles. The largest absolute Gasteiger partial charge is 0.479 e. The summed E-state index contributed by atoms with van der Waals surface area (Å²) in [6, 6.07) is 0. The lowest BCUT2D eigenvalue weighted by molar-refractivity contribution is -0.165. The van der Waals surface area contributed by atoms with Crippen LogP contribution in [-0.2, 0) is 23.9 Å². The van der Waals surface area contributed by atoms with Gasteiger partial charge in [0.25, 0.3) is 0 Å². The number of rotatable bonds is 7. The van der Waals surface area contributed by atoms with Crippen LogP contribution in [0, 0.1) is 5.41 Å². The topological polar surface area (TPSA) is 162 Å². The highest BCUT2D eigenvalue weighted by Crippen LogP contribution is 2.35. The average Bonchev–Trinajstić information content (AvgIpc) is 3.22. The maximum absolute atomic E-state index is 11.7. The summed E-state index contributed by atoms with van der Waals surface area (Å²) in [5.74, 6) is -3.88. The molecule has 2 aliphatic rings. The molecule has 2 fully saturated rings. The highest BCUT2D eigenvalue weighted by Gasteiger charge is 2.48. The van der Waals surface area contributed by atoms with Gasteiger partial charge in [-0.25, -0.2) is 9.59 Å². The molecule has 26 heavy (non-hydrogen) atoms. The molecule has 0 radical (unpaired) electrons. The number of cyclic esters (lactones) is 1. The van der Waals surface area contributed by atoms with Crippen molar-refractivity contribution in [2.24, 2.45) is 5.41 Å². The predicted octanol–water partition coefficient (Wildman–Crippen LogP) is -1.13. The minimum atomic E-state index is -2.27. The van der Waals surface area contributed by atoms with Crippen LogP contribution in [0.5, 0.6) is 0 Å². The van der Waals surface area contributed by atoms with Crippen LogP contribution in [0.1, 0.15) is 32.6 Å². The van der Waals surface area contributed by atoms with E-state index in [0.29, 0.717) is 19.4 Å². The quantitative estimate of drug-likeness (QED) is 0.316. The number of carbonyl (C=O) groups excluding carboxylic acids is 2. The molecule has 0 aromatic carbocycles. The number of nitrogens with zero attached hydrogens (tertiary/aromatic N) is 1. The van der Waals surface area contributed by atoms with Crippen molar-refractivity contribution in [2.75, 3.05) is 26.2 Å². The minimum Gasteiger partial charge on any atom is -0.479 e. The van der Waals surface area contributed by atoms with Gasteiger partial charge in [0.05, 0.1) is 6.61 Å². The second kappa shape index (κ2) is 9.60. The average molecular weight is 375 g/mol. The summed E-state index contributed by atoms with van der Waals surface area (Å²) in [7, 11) is 0. The Bertz CT molecular complexity index is 526. The van der Waals surface area contributed by atoms with Crippen molar-refractivity contribution in [3.8, 4) is 0 Å². The summed E-state index contributed by atoms with van der Waals surface area (Å²) in [5, 5.41) is 32.5. The number of carbonyl (C=O) groups is 4. The molecule has 0 bridgehead atoms. The van der Waals surface area contributed by atoms with Crippen LogP contribution < -0.4 is 0 Å². The van der Waals surface area contributed by atoms with Crippen molar-refractivity contribution in [3.05, 3.63) is 0 Å². The first kappa shape index (κ1) is 22.0. The smallest absolute Gasteiger partial charge is 0.335 e. The molecule has 0 amide bonds. The molecular formula is C16H25NO9. The van der Waals surface area contributed by atoms with Crippen LogP contribution >= 0.6 is 0 Å². The van der Waals surface area contributed by atoms with E-state index < -0.39 is 29.6 Å². The zero-order valence-corrected chi connectivity index (χ0v) is 14.6. The molecule has 0 spiro atoms. The van der Waals surface area contributed by atoms with Crippen LogP contribution in [-0.4, -0.2) is 87.5 Å². The van der Waals surface area contributed by atoms with Gasteiger partial charge in [0.1, 0.15) is 11.2 Å². The number of carboxylic acid groups (broad SMARTS) is 2. The van der Waals surface area contributed by atoms with Crippen LogP contribution in [0.4, 0.5) is 0 Å². The SMILES string of the molecule is CC(=O)C1(CCN2CCCC2)CCOC1=O.O=C(O)C(O)C(O)C(=O)O. The summed E-state index contributed by atoms with van der Waals surface area (Å²) >= 11 is 0. The van der Waals surface area contributed by atoms with Gasteiger partial charge in [0, 0.05) is 6.42 Å². The summed E-state index contributed by atoms with van der Waals surface area (Å²) < 4.78 is 4.97. The van der Waals surface area contributed by atoms with Gasteiger partial charge in [-0.1, -0.05) is 0 Å². The molecule has 10 nitrogen and oxygen atoms in total. The van der Waals surface area contributed by atoms with E-state index in [1.807, 2.05) is 0 Å². The predicted molar refractivity (Wildman–Crippen MR) is 86.3 cm³/mol. The Morgan fingerprint density at radius 2 is 1.62 bits per heavy atom. The molecule has 2 aliphatic heterocycles. The zero-order chi connectivity index (χ0) is 19.9. The maximum atomic E-state index is 11.7. The number of Topliss-reactive ketones (excluding diaryl/α,β-unsaturated/α-hetero) is 1. The molecule has 148 valence electrons. The van der Waals surface area contributed by atoms with Crippen molar-refractivity contribution in [3.63, 3.8) is 0 Å². The van der Waals surface area contributed by atoms with Gasteiger partial charge in [-0.15, -0.1) is 0 Å². The monoisotopic (exact) mass is 375 g/mol. The Labute approximate surface area is 150 Å². The number of hydrogen-bond donors (Lipinski definition) is 4. The van der Waals surface area contributed by atoms with E-state index in [4.69, 9.17) is 25.2 Å². The van der Waals surface area contributed by atoms with Crippen molar-refractivity contribution in [1.82, 2.24) is 4.90 Å². The number of aliphatic carboxylic acids is 2. The number of likely N-dealkylation sites (tertiary alicyclic amines) is 1. The Morgan fingerprint density at radius 1 is 1.12 bits per heavy atom. The standard InChI is InChI=1S/C12H19NO3.C4H6O6/c1-10(14)12(5-9-16-11(12)15)4-8-13-6-2-3-7-13;5-1(3(7)8)2(6)4(9)10/h2-9H2,1H3;1-2,5-6H,(H,7,8)(H,9,10). The van der Waals surface area contributed by atoms with E-state index >= 15 is 0 Å². The molecule has 2 rings (SSSR count). The van der Waals surface area contributed by atoms with Crippen LogP contribution in [0.15, 0.2) is 0 Å². The molecule has 0 aromatic heterocycles. The Hall–Kier alpha value is -2.04. The van der Waals surface area contributed by atoms with Gasteiger partial charge in [0.15, 0.2) is 12.2 Å². The molecule has 2 heterocycles. The third kappa shape index (κ3) is 5.48. The number of carboxylic acids is 2. The second-order valence-corrected chi connectivity index (χ2v) is 6.39. The molecule has 2 saturated heterocycles. The van der Waals surface area contributed by atoms with E-state index in [-0.39, 0.29) is 11.8 Å². The lowest BCUT2D eigenvalue weighted by Crippen LogP contribution is -2.39. The fourth-order valence-corrected chi connectivity index (χ4v) is 2.91. The number of aliphatic hydroxyl groups is 2. The molecular weight excluding hydrogens is 350 g/mol. The molecule has 0 aromatic rings. The van der Waals surface area contributed by atoms with Gasteiger partial charge in [-0.05, 0) is 45.8 Å². The lowest BCUT2D eigenvalue weighted by Gasteiger charge is -2.24. The molecule has 10 heteroatoms. The molecule has 3 unspecified atom stereocenters. The van der Waals surface area contributed by atoms with Crippen molar-refractivity contribution >= 4 is 23.7 Å². The molecule has 3 atom stereocenters. The number of aliphatic hydroxyl groups excluding tert-OH is 2. The van der Waals surface area contributed by atoms with Gasteiger partial charge in [-0.2, -0.15) is 0 Å². The van der Waals surface area contributed by atoms with Crippen LogP contribution in [0.25, 0.3) is 0 Å². The third-order valence-electron chi connectivity index (χ3n) is 4.69. The second-order valence-electron chi connectivity index (χ2n) is 6.39. The Morgan fingerprint density at radius 3 is 1.96 bits per heavy atom. The zero-order valence-electron chi connectivity index (χ0n) is 14.6. The lowest BCUT2D eigenvalue weighted by atomic mass is 9.79. The van der Waals surface area contributed by atoms with Gasteiger partial charge >= 0.3 is 17.9 Å². The van der Waals surface area contributed by atoms with Crippen LogP contribution in [0.3, 0.4) is 0 Å². The van der Waals surface area contributed by atoms with Gasteiger partial charge < -0.3 is 30.1 Å². The van der Waals surface area contributed by atoms with Gasteiger partial charge in [0.2, 0.25) is 0 Å². The van der Waals surface area contributed by atoms with Crippen molar-refractivity contribution in [2.45, 2.75) is 44.8 Å². The number of ether oxygens (including phenoxy) is 1. The van der Waals surface area contributed by atoms with E-state index in [1.54, 1.807) is 0 Å².